The molecule has 0 spiro atoms. The molecule has 1 saturated heterocycles. The van der Waals surface area contributed by atoms with Crippen LogP contribution in [0.4, 0.5) is 0 Å². The van der Waals surface area contributed by atoms with E-state index in [0.29, 0.717) is 6.04 Å². The molecule has 4 N–H and O–H groups in total. The quantitative estimate of drug-likeness (QED) is 0.238. The lowest BCUT2D eigenvalue weighted by atomic mass is 9.85. The molecular weight excluding hydrogens is 438 g/mol. The van der Waals surface area contributed by atoms with Crippen molar-refractivity contribution in [2.75, 3.05) is 13.1 Å². The van der Waals surface area contributed by atoms with Crippen LogP contribution in [0.1, 0.15) is 75.5 Å². The fraction of sp³-hybridized carbons (Fsp3) is 0.517. The van der Waals surface area contributed by atoms with E-state index >= 15 is 0 Å². The molecule has 2 aromatic rings. The summed E-state index contributed by atoms with van der Waals surface area (Å²) >= 11 is 0. The minimum Gasteiger partial charge on any atom is -0.365 e. The second-order valence-electron chi connectivity index (χ2n) is 10.5. The molecule has 4 rings (SSSR count). The highest BCUT2D eigenvalue weighted by Crippen LogP contribution is 2.44. The Labute approximate surface area is 209 Å². The first-order chi connectivity index (χ1) is 16.9. The standard InChI is InChI=1S/C29H41N3O3/c1-4-22(7-5-10-27(33)34)13-14-29(35-30)15-17-31(18-16-29)19-24-20-32(21(2)3)28-25(23-11-12-23)8-6-9-26(24)28/h4-10,20-21,23,27,33-34H,1,11-19,30H2,2-3H3/b10-5+,22-7+. The molecule has 1 aromatic heterocycles. The summed E-state index contributed by atoms with van der Waals surface area (Å²) in [6.45, 7) is 11.3. The van der Waals surface area contributed by atoms with E-state index in [1.165, 1.54) is 40.9 Å². The molecule has 0 amide bonds. The summed E-state index contributed by atoms with van der Waals surface area (Å²) in [6.07, 6.45) is 13.5. The molecule has 1 aromatic carbocycles. The molecule has 2 heterocycles. The largest absolute Gasteiger partial charge is 0.365 e. The number of aromatic nitrogens is 1. The highest BCUT2D eigenvalue weighted by molar-refractivity contribution is 5.87. The van der Waals surface area contributed by atoms with Crippen molar-refractivity contribution in [2.24, 2.45) is 5.90 Å². The van der Waals surface area contributed by atoms with E-state index in [1.54, 1.807) is 12.2 Å². The number of allylic oxidation sites excluding steroid dienone is 4. The maximum Gasteiger partial charge on any atom is 0.171 e. The van der Waals surface area contributed by atoms with Gasteiger partial charge < -0.3 is 14.8 Å². The molecule has 0 atom stereocenters. The van der Waals surface area contributed by atoms with Gasteiger partial charge in [-0.2, -0.15) is 0 Å². The van der Waals surface area contributed by atoms with Gasteiger partial charge in [-0.1, -0.05) is 43.0 Å². The Morgan fingerprint density at radius 3 is 2.60 bits per heavy atom. The minimum absolute atomic E-state index is 0.343. The fourth-order valence-corrected chi connectivity index (χ4v) is 5.36. The van der Waals surface area contributed by atoms with E-state index in [-0.39, 0.29) is 5.60 Å². The topological polar surface area (TPSA) is 83.9 Å². The minimum atomic E-state index is -1.45. The first-order valence-electron chi connectivity index (χ1n) is 12.9. The Balaban J connectivity index is 1.42. The molecular formula is C29H41N3O3. The fourth-order valence-electron chi connectivity index (χ4n) is 5.36. The zero-order valence-electron chi connectivity index (χ0n) is 21.2. The van der Waals surface area contributed by atoms with Gasteiger partial charge in [-0.25, -0.2) is 5.90 Å². The third kappa shape index (κ3) is 6.13. The maximum absolute atomic E-state index is 8.98. The van der Waals surface area contributed by atoms with Gasteiger partial charge in [-0.3, -0.25) is 9.74 Å². The SMILES string of the molecule is C=C/C(=C\C=C\C(O)O)CCC1(ON)CCN(Cc2cn(C(C)C)c3c(C4CC4)cccc23)CC1. The molecule has 1 saturated carbocycles. The summed E-state index contributed by atoms with van der Waals surface area (Å²) in [5.41, 5.74) is 5.04. The van der Waals surface area contributed by atoms with Crippen molar-refractivity contribution in [1.29, 1.82) is 0 Å². The molecule has 0 radical (unpaired) electrons. The third-order valence-corrected chi connectivity index (χ3v) is 7.68. The number of rotatable bonds is 11. The van der Waals surface area contributed by atoms with Crippen LogP contribution in [0, 0.1) is 0 Å². The molecule has 1 aliphatic carbocycles. The number of piperidine rings is 1. The predicted molar refractivity (Wildman–Crippen MR) is 142 cm³/mol. The first kappa shape index (κ1) is 25.9. The molecule has 6 heteroatoms. The summed E-state index contributed by atoms with van der Waals surface area (Å²) < 4.78 is 2.48. The van der Waals surface area contributed by atoms with Crippen LogP contribution < -0.4 is 5.90 Å². The predicted octanol–water partition coefficient (Wildman–Crippen LogP) is 5.08. The summed E-state index contributed by atoms with van der Waals surface area (Å²) in [7, 11) is 0. The average Bonchev–Trinajstić information content (AvgIpc) is 3.63. The van der Waals surface area contributed by atoms with Crippen LogP contribution in [0.3, 0.4) is 0 Å². The van der Waals surface area contributed by atoms with Crippen LogP contribution in [0.2, 0.25) is 0 Å². The van der Waals surface area contributed by atoms with E-state index in [4.69, 9.17) is 20.9 Å². The normalized spacial score (nSPS) is 19.5. The van der Waals surface area contributed by atoms with Crippen molar-refractivity contribution in [3.63, 3.8) is 0 Å². The van der Waals surface area contributed by atoms with Crippen molar-refractivity contribution < 1.29 is 15.1 Å². The molecule has 190 valence electrons. The monoisotopic (exact) mass is 479 g/mol. The van der Waals surface area contributed by atoms with Gasteiger partial charge in [0.15, 0.2) is 6.29 Å². The van der Waals surface area contributed by atoms with E-state index < -0.39 is 6.29 Å². The summed E-state index contributed by atoms with van der Waals surface area (Å²) in [4.78, 5) is 8.10. The van der Waals surface area contributed by atoms with Crippen molar-refractivity contribution in [3.8, 4) is 0 Å². The molecule has 6 nitrogen and oxygen atoms in total. The van der Waals surface area contributed by atoms with Crippen LogP contribution in [-0.4, -0.2) is 44.7 Å². The second kappa shape index (κ2) is 11.2. The van der Waals surface area contributed by atoms with Gasteiger partial charge in [0.2, 0.25) is 0 Å². The molecule has 1 aliphatic heterocycles. The lowest BCUT2D eigenvalue weighted by molar-refractivity contribution is -0.0924. The third-order valence-electron chi connectivity index (χ3n) is 7.68. The number of benzene rings is 1. The van der Waals surface area contributed by atoms with Gasteiger partial charge in [-0.15, -0.1) is 0 Å². The smallest absolute Gasteiger partial charge is 0.171 e. The van der Waals surface area contributed by atoms with Crippen molar-refractivity contribution in [1.82, 2.24) is 9.47 Å². The van der Waals surface area contributed by atoms with E-state index in [9.17, 15) is 0 Å². The zero-order chi connectivity index (χ0) is 25.0. The summed E-state index contributed by atoms with van der Waals surface area (Å²) in [5.74, 6) is 6.55. The van der Waals surface area contributed by atoms with Gasteiger partial charge in [0.25, 0.3) is 0 Å². The first-order valence-corrected chi connectivity index (χ1v) is 12.9. The Kier molecular flexibility index (Phi) is 8.30. The molecule has 0 unspecified atom stereocenters. The number of hydrogen-bond donors (Lipinski definition) is 3. The number of likely N-dealkylation sites (tertiary alicyclic amines) is 1. The number of nitrogens with two attached hydrogens (primary N) is 1. The maximum atomic E-state index is 8.98. The Morgan fingerprint density at radius 2 is 2.00 bits per heavy atom. The number of nitrogens with zero attached hydrogens (tertiary/aromatic N) is 2. The number of hydrogen-bond acceptors (Lipinski definition) is 5. The summed E-state index contributed by atoms with van der Waals surface area (Å²) in [5, 5.41) is 19.4. The van der Waals surface area contributed by atoms with Gasteiger partial charge >= 0.3 is 0 Å². The van der Waals surface area contributed by atoms with Crippen LogP contribution in [0.25, 0.3) is 10.9 Å². The number of para-hydroxylation sites is 1. The van der Waals surface area contributed by atoms with Crippen LogP contribution in [0.5, 0.6) is 0 Å². The van der Waals surface area contributed by atoms with Crippen molar-refractivity contribution in [3.05, 3.63) is 72.0 Å². The Morgan fingerprint density at radius 1 is 1.26 bits per heavy atom. The molecule has 0 bridgehead atoms. The number of aliphatic hydroxyl groups excluding tert-OH is 1. The van der Waals surface area contributed by atoms with Crippen LogP contribution in [0.15, 0.2) is 60.9 Å². The number of aliphatic hydroxyl groups is 2. The van der Waals surface area contributed by atoms with Crippen molar-refractivity contribution >= 4 is 10.9 Å². The highest BCUT2D eigenvalue weighted by Gasteiger charge is 2.35. The molecule has 2 aliphatic rings. The summed E-state index contributed by atoms with van der Waals surface area (Å²) in [6, 6.07) is 7.28. The van der Waals surface area contributed by atoms with Crippen molar-refractivity contribution in [2.45, 2.75) is 82.8 Å². The van der Waals surface area contributed by atoms with E-state index in [2.05, 4.69) is 54.3 Å². The Bertz CT molecular complexity index is 1070. The number of fused-ring (bicyclic) bond motifs is 1. The lowest BCUT2D eigenvalue weighted by Crippen LogP contribution is -2.47. The van der Waals surface area contributed by atoms with Gasteiger partial charge in [0.05, 0.1) is 11.1 Å². The van der Waals surface area contributed by atoms with Crippen LogP contribution in [-0.2, 0) is 11.4 Å². The van der Waals surface area contributed by atoms with E-state index in [0.717, 1.165) is 56.8 Å². The van der Waals surface area contributed by atoms with Gasteiger partial charge in [-0.05, 0) is 81.1 Å². The molecule has 2 fully saturated rings. The van der Waals surface area contributed by atoms with Gasteiger partial charge in [0, 0.05) is 37.3 Å². The second-order valence-corrected chi connectivity index (χ2v) is 10.5. The average molecular weight is 480 g/mol. The Hall–Kier alpha value is -2.22. The molecule has 35 heavy (non-hydrogen) atoms. The van der Waals surface area contributed by atoms with Gasteiger partial charge in [0.1, 0.15) is 0 Å². The van der Waals surface area contributed by atoms with E-state index in [1.807, 2.05) is 6.08 Å². The highest BCUT2D eigenvalue weighted by atomic mass is 16.6. The zero-order valence-corrected chi connectivity index (χ0v) is 21.2. The van der Waals surface area contributed by atoms with Crippen LogP contribution >= 0.6 is 0 Å². The lowest BCUT2D eigenvalue weighted by Gasteiger charge is -2.40.